The number of nitrogens with two attached hydrogens (primary N) is 1. The van der Waals surface area contributed by atoms with Crippen LogP contribution in [0.15, 0.2) is 47.6 Å². The molecule has 1 unspecified atom stereocenters. The van der Waals surface area contributed by atoms with E-state index < -0.39 is 23.6 Å². The fourth-order valence-corrected chi connectivity index (χ4v) is 4.86. The Morgan fingerprint density at radius 2 is 1.78 bits per heavy atom. The predicted molar refractivity (Wildman–Crippen MR) is 168 cm³/mol. The Morgan fingerprint density at radius 3 is 2.40 bits per heavy atom. The summed E-state index contributed by atoms with van der Waals surface area (Å²) < 4.78 is 10.9. The van der Waals surface area contributed by atoms with Crippen LogP contribution in [0.1, 0.15) is 54.9 Å². The largest absolute Gasteiger partial charge is 0.492 e. The van der Waals surface area contributed by atoms with Gasteiger partial charge >= 0.3 is 6.09 Å². The molecule has 3 rings (SSSR count). The highest BCUT2D eigenvalue weighted by molar-refractivity contribution is 7.98. The number of carbonyl (C=O) groups excluding carboxylic acids is 3. The van der Waals surface area contributed by atoms with Gasteiger partial charge in [-0.2, -0.15) is 10.5 Å². The number of nitriles is 2. The fourth-order valence-electron chi connectivity index (χ4n) is 3.92. The van der Waals surface area contributed by atoms with E-state index in [1.165, 1.54) is 25.0 Å². The summed E-state index contributed by atoms with van der Waals surface area (Å²) in [7, 11) is 1.52. The summed E-state index contributed by atoms with van der Waals surface area (Å²) in [6.45, 7) is 7.06. The van der Waals surface area contributed by atoms with Gasteiger partial charge in [-0.25, -0.2) is 9.78 Å². The minimum absolute atomic E-state index is 0.0127. The lowest BCUT2D eigenvalue weighted by atomic mass is 9.97. The monoisotopic (exact) mass is 630 g/mol. The third kappa shape index (κ3) is 9.58. The number of aromatic nitrogens is 2. The molecular formula is C31H34N8O5S. The van der Waals surface area contributed by atoms with Crippen LogP contribution >= 0.6 is 11.8 Å². The zero-order valence-corrected chi connectivity index (χ0v) is 26.4. The van der Waals surface area contributed by atoms with Gasteiger partial charge in [0.15, 0.2) is 0 Å². The highest BCUT2D eigenvalue weighted by atomic mass is 32.2. The molecule has 45 heavy (non-hydrogen) atoms. The van der Waals surface area contributed by atoms with Crippen molar-refractivity contribution in [2.45, 2.75) is 50.1 Å². The van der Waals surface area contributed by atoms with Crippen molar-refractivity contribution in [3.8, 4) is 29.0 Å². The lowest BCUT2D eigenvalue weighted by Gasteiger charge is -2.21. The normalized spacial score (nSPS) is 11.4. The summed E-state index contributed by atoms with van der Waals surface area (Å²) in [6, 6.07) is 13.6. The minimum Gasteiger partial charge on any atom is -0.492 e. The minimum atomic E-state index is -0.802. The molecule has 14 heteroatoms. The van der Waals surface area contributed by atoms with Gasteiger partial charge in [0.25, 0.3) is 5.91 Å². The average Bonchev–Trinajstić information content (AvgIpc) is 3.00. The molecule has 234 valence electrons. The van der Waals surface area contributed by atoms with E-state index >= 15 is 0 Å². The smallest absolute Gasteiger partial charge is 0.408 e. The summed E-state index contributed by atoms with van der Waals surface area (Å²) in [5.41, 5.74) is 7.70. The maximum Gasteiger partial charge on any atom is 0.408 e. The molecular weight excluding hydrogens is 596 g/mol. The van der Waals surface area contributed by atoms with E-state index in [1.807, 2.05) is 0 Å². The van der Waals surface area contributed by atoms with Gasteiger partial charge in [0.2, 0.25) is 5.91 Å². The van der Waals surface area contributed by atoms with Crippen molar-refractivity contribution in [2.24, 2.45) is 0 Å². The van der Waals surface area contributed by atoms with Crippen LogP contribution in [0.25, 0.3) is 11.1 Å². The molecule has 0 fully saturated rings. The number of alkyl carbamates (subject to hydrolysis) is 1. The molecule has 5 N–H and O–H groups in total. The SMILES string of the molecule is CNC(=O)c1cc(CSc2nc(N)c(C#N)c(-c3ccc(OCCNC(=O)C(C)NC(=O)OC(C)(C)C)cc3)c2C#N)ccn1. The molecule has 0 spiro atoms. The summed E-state index contributed by atoms with van der Waals surface area (Å²) in [5.74, 6) is 0.139. The number of thioether (sulfide) groups is 1. The first-order chi connectivity index (χ1) is 21.4. The van der Waals surface area contributed by atoms with Gasteiger partial charge in [-0.1, -0.05) is 12.1 Å². The van der Waals surface area contributed by atoms with Crippen LogP contribution < -0.4 is 26.4 Å². The maximum absolute atomic E-state index is 12.3. The number of nitrogens with zero attached hydrogens (tertiary/aromatic N) is 4. The summed E-state index contributed by atoms with van der Waals surface area (Å²) in [5, 5.41) is 28.0. The number of ether oxygens (including phenoxy) is 2. The number of amides is 3. The van der Waals surface area contributed by atoms with E-state index in [1.54, 1.807) is 64.1 Å². The van der Waals surface area contributed by atoms with Gasteiger partial charge in [0.05, 0.1) is 12.1 Å². The average molecular weight is 631 g/mol. The third-order valence-corrected chi connectivity index (χ3v) is 7.06. The van der Waals surface area contributed by atoms with Gasteiger partial charge in [0.1, 0.15) is 58.2 Å². The highest BCUT2D eigenvalue weighted by Crippen LogP contribution is 2.37. The Bertz CT molecular complexity index is 1640. The molecule has 2 aromatic heterocycles. The first-order valence-corrected chi connectivity index (χ1v) is 14.8. The number of pyridine rings is 2. The van der Waals surface area contributed by atoms with Crippen molar-refractivity contribution in [1.82, 2.24) is 25.9 Å². The van der Waals surface area contributed by atoms with Crippen LogP contribution in [0.2, 0.25) is 0 Å². The van der Waals surface area contributed by atoms with Crippen molar-refractivity contribution in [2.75, 3.05) is 25.9 Å². The van der Waals surface area contributed by atoms with Crippen LogP contribution in [-0.4, -0.2) is 59.7 Å². The lowest BCUT2D eigenvalue weighted by Crippen LogP contribution is -2.47. The second-order valence-corrected chi connectivity index (χ2v) is 11.6. The zero-order valence-electron chi connectivity index (χ0n) is 25.6. The van der Waals surface area contributed by atoms with Crippen molar-refractivity contribution < 1.29 is 23.9 Å². The molecule has 0 saturated carbocycles. The van der Waals surface area contributed by atoms with E-state index in [2.05, 4.69) is 38.1 Å². The van der Waals surface area contributed by atoms with Gasteiger partial charge < -0.3 is 31.2 Å². The number of hydrogen-bond donors (Lipinski definition) is 4. The molecule has 2 heterocycles. The van der Waals surface area contributed by atoms with Gasteiger partial charge in [0, 0.05) is 24.6 Å². The lowest BCUT2D eigenvalue weighted by molar-refractivity contribution is -0.122. The van der Waals surface area contributed by atoms with Crippen LogP contribution in [-0.2, 0) is 15.3 Å². The maximum atomic E-state index is 12.3. The van der Waals surface area contributed by atoms with E-state index in [4.69, 9.17) is 15.2 Å². The second-order valence-electron chi connectivity index (χ2n) is 10.6. The van der Waals surface area contributed by atoms with Crippen LogP contribution in [0.4, 0.5) is 10.6 Å². The Hall–Kier alpha value is -5.34. The van der Waals surface area contributed by atoms with Gasteiger partial charge in [-0.05, 0) is 63.1 Å². The fraction of sp³-hybridized carbons (Fsp3) is 0.323. The summed E-state index contributed by atoms with van der Waals surface area (Å²) in [6.07, 6.45) is 0.840. The standard InChI is InChI=1S/C31H34N8O5S/c1-18(38-30(42)44-31(2,3)4)27(40)37-12-13-43-21-8-6-20(7-9-21)25-22(15-32)26(34)39-29(23(25)16-33)45-17-19-10-11-36-24(14-19)28(41)35-5/h6-11,14,18H,12-13,17H2,1-5H3,(H2,34,39)(H,35,41)(H,37,40)(H,38,42). The first kappa shape index (κ1) is 34.2. The Morgan fingerprint density at radius 1 is 1.09 bits per heavy atom. The number of anilines is 1. The van der Waals surface area contributed by atoms with E-state index in [0.29, 0.717) is 27.7 Å². The number of rotatable bonds is 11. The second kappa shape index (κ2) is 15.4. The topological polar surface area (TPSA) is 205 Å². The molecule has 0 saturated heterocycles. The molecule has 1 atom stereocenters. The molecule has 13 nitrogen and oxygen atoms in total. The molecule has 0 aliphatic heterocycles. The molecule has 3 amide bonds. The molecule has 0 bridgehead atoms. The van der Waals surface area contributed by atoms with E-state index in [-0.39, 0.29) is 41.7 Å². The molecule has 0 aliphatic carbocycles. The number of nitrogen functional groups attached to an aromatic ring is 1. The van der Waals surface area contributed by atoms with E-state index in [9.17, 15) is 24.9 Å². The van der Waals surface area contributed by atoms with Crippen LogP contribution in [0.3, 0.4) is 0 Å². The van der Waals surface area contributed by atoms with Gasteiger partial charge in [-0.15, -0.1) is 11.8 Å². The number of nitrogens with one attached hydrogen (secondary N) is 3. The Labute approximate surface area is 265 Å². The van der Waals surface area contributed by atoms with Crippen molar-refractivity contribution in [3.63, 3.8) is 0 Å². The molecule has 3 aromatic rings. The highest BCUT2D eigenvalue weighted by Gasteiger charge is 2.22. The van der Waals surface area contributed by atoms with Gasteiger partial charge in [-0.3, -0.25) is 14.6 Å². The van der Waals surface area contributed by atoms with Crippen LogP contribution in [0.5, 0.6) is 5.75 Å². The van der Waals surface area contributed by atoms with Crippen molar-refractivity contribution in [1.29, 1.82) is 10.5 Å². The number of benzene rings is 1. The molecule has 1 aromatic carbocycles. The Balaban J connectivity index is 1.68. The van der Waals surface area contributed by atoms with Crippen molar-refractivity contribution in [3.05, 3.63) is 65.0 Å². The quantitative estimate of drug-likeness (QED) is 0.178. The first-order valence-electron chi connectivity index (χ1n) is 13.8. The zero-order chi connectivity index (χ0) is 33.1. The third-order valence-electron chi connectivity index (χ3n) is 6.01. The molecule has 0 aliphatic rings. The summed E-state index contributed by atoms with van der Waals surface area (Å²) >= 11 is 1.25. The predicted octanol–water partition coefficient (Wildman–Crippen LogP) is 3.53. The molecule has 0 radical (unpaired) electrons. The van der Waals surface area contributed by atoms with Crippen LogP contribution in [0, 0.1) is 22.7 Å². The summed E-state index contributed by atoms with van der Waals surface area (Å²) in [4.78, 5) is 44.5. The Kier molecular flexibility index (Phi) is 11.7. The van der Waals surface area contributed by atoms with E-state index in [0.717, 1.165) is 5.56 Å². The number of carbonyl (C=O) groups is 3. The van der Waals surface area contributed by atoms with Crippen molar-refractivity contribution >= 4 is 35.5 Å². The number of hydrogen-bond acceptors (Lipinski definition) is 11.